The Morgan fingerprint density at radius 1 is 1.19 bits per heavy atom. The summed E-state index contributed by atoms with van der Waals surface area (Å²) in [4.78, 5) is 24.6. The number of aryl methyl sites for hydroxylation is 2. The molecule has 0 radical (unpaired) electrons. The van der Waals surface area contributed by atoms with Crippen molar-refractivity contribution in [3.63, 3.8) is 0 Å². The third kappa shape index (κ3) is 4.06. The lowest BCUT2D eigenvalue weighted by atomic mass is 9.87. The molecule has 1 aliphatic carbocycles. The van der Waals surface area contributed by atoms with Crippen LogP contribution in [0.15, 0.2) is 16.7 Å². The number of ketones is 1. The van der Waals surface area contributed by atoms with Gasteiger partial charge in [-0.05, 0) is 45.6 Å². The number of Topliss-reactive ketones (excluding diaryl/α,β-unsaturated/α-hetero) is 1. The van der Waals surface area contributed by atoms with Crippen LogP contribution in [0.2, 0.25) is 0 Å². The highest BCUT2D eigenvalue weighted by Crippen LogP contribution is 2.26. The number of hydrogen-bond acceptors (Lipinski definition) is 5. The van der Waals surface area contributed by atoms with Crippen molar-refractivity contribution in [2.75, 3.05) is 6.61 Å². The summed E-state index contributed by atoms with van der Waals surface area (Å²) in [6.07, 6.45) is 6.21. The number of hydrogen-bond donors (Lipinski definition) is 0. The maximum Gasteiger partial charge on any atom is 0.306 e. The fourth-order valence-corrected chi connectivity index (χ4v) is 3.77. The van der Waals surface area contributed by atoms with Gasteiger partial charge in [-0.2, -0.15) is 0 Å². The molecule has 0 aliphatic heterocycles. The first-order chi connectivity index (χ1) is 12.5. The molecule has 0 unspecified atom stereocenters. The Balaban J connectivity index is 1.62. The van der Waals surface area contributed by atoms with E-state index in [0.717, 1.165) is 24.2 Å². The van der Waals surface area contributed by atoms with Crippen molar-refractivity contribution in [3.8, 4) is 5.82 Å². The quantitative estimate of drug-likeness (QED) is 0.574. The summed E-state index contributed by atoms with van der Waals surface area (Å²) < 4.78 is 12.2. The van der Waals surface area contributed by atoms with E-state index in [4.69, 9.17) is 9.26 Å². The second kappa shape index (κ2) is 7.89. The van der Waals surface area contributed by atoms with Crippen molar-refractivity contribution in [2.45, 2.75) is 59.3 Å². The Morgan fingerprint density at radius 2 is 1.92 bits per heavy atom. The van der Waals surface area contributed by atoms with E-state index < -0.39 is 0 Å². The number of esters is 1. The van der Waals surface area contributed by atoms with E-state index in [0.29, 0.717) is 29.5 Å². The number of nitrogens with zero attached hydrogens (tertiary/aromatic N) is 2. The van der Waals surface area contributed by atoms with Gasteiger partial charge in [-0.15, -0.1) is 0 Å². The van der Waals surface area contributed by atoms with Gasteiger partial charge in [0.1, 0.15) is 5.76 Å². The fourth-order valence-electron chi connectivity index (χ4n) is 3.77. The summed E-state index contributed by atoms with van der Waals surface area (Å²) in [7, 11) is 0. The highest BCUT2D eigenvalue weighted by atomic mass is 16.5. The predicted molar refractivity (Wildman–Crippen MR) is 96.5 cm³/mol. The highest BCUT2D eigenvalue weighted by Gasteiger charge is 2.21. The van der Waals surface area contributed by atoms with Crippen molar-refractivity contribution in [2.24, 2.45) is 5.92 Å². The molecule has 0 bridgehead atoms. The monoisotopic (exact) mass is 358 g/mol. The molecule has 0 N–H and O–H groups in total. The van der Waals surface area contributed by atoms with Crippen LogP contribution in [0.3, 0.4) is 0 Å². The number of carbonyl (C=O) groups excluding carboxylic acids is 2. The van der Waals surface area contributed by atoms with E-state index in [1.807, 2.05) is 31.4 Å². The summed E-state index contributed by atoms with van der Waals surface area (Å²) in [6, 6.07) is 3.62. The Hall–Kier alpha value is -2.37. The molecule has 0 aromatic carbocycles. The number of carbonyl (C=O) groups is 2. The van der Waals surface area contributed by atoms with Gasteiger partial charge in [-0.25, -0.2) is 0 Å². The van der Waals surface area contributed by atoms with E-state index in [-0.39, 0.29) is 18.4 Å². The second-order valence-corrected chi connectivity index (χ2v) is 7.21. The molecule has 1 saturated carbocycles. The van der Waals surface area contributed by atoms with Gasteiger partial charge in [0.2, 0.25) is 5.78 Å². The first-order valence-electron chi connectivity index (χ1n) is 9.27. The lowest BCUT2D eigenvalue weighted by Gasteiger charge is -2.20. The Kier molecular flexibility index (Phi) is 5.59. The lowest BCUT2D eigenvalue weighted by Crippen LogP contribution is -2.18. The van der Waals surface area contributed by atoms with E-state index in [1.165, 1.54) is 19.3 Å². The number of rotatable bonds is 6. The van der Waals surface area contributed by atoms with Gasteiger partial charge in [-0.1, -0.05) is 24.4 Å². The molecular formula is C20H26N2O4. The van der Waals surface area contributed by atoms with E-state index in [2.05, 4.69) is 5.16 Å². The van der Waals surface area contributed by atoms with E-state index >= 15 is 0 Å². The molecule has 1 fully saturated rings. The lowest BCUT2D eigenvalue weighted by molar-refractivity contribution is -0.143. The van der Waals surface area contributed by atoms with Crippen LogP contribution in [0.25, 0.3) is 5.82 Å². The summed E-state index contributed by atoms with van der Waals surface area (Å²) in [5.41, 5.74) is 2.20. The molecule has 0 atom stereocenters. The maximum atomic E-state index is 12.5. The Morgan fingerprint density at radius 3 is 2.58 bits per heavy atom. The molecule has 2 heterocycles. The highest BCUT2D eigenvalue weighted by molar-refractivity contribution is 5.99. The molecule has 2 aromatic rings. The van der Waals surface area contributed by atoms with Crippen molar-refractivity contribution >= 4 is 11.8 Å². The minimum absolute atomic E-state index is 0.193. The van der Waals surface area contributed by atoms with Gasteiger partial charge in [0.05, 0.1) is 0 Å². The average Bonchev–Trinajstić information content (AvgIpc) is 3.16. The Bertz CT molecular complexity index is 797. The largest absolute Gasteiger partial charge is 0.457 e. The zero-order chi connectivity index (χ0) is 18.7. The first kappa shape index (κ1) is 18.4. The summed E-state index contributed by atoms with van der Waals surface area (Å²) in [5, 5.41) is 4.01. The normalized spacial score (nSPS) is 15.2. The van der Waals surface area contributed by atoms with E-state index in [1.54, 1.807) is 6.07 Å². The van der Waals surface area contributed by atoms with Gasteiger partial charge in [0.15, 0.2) is 12.4 Å². The van der Waals surface area contributed by atoms with Gasteiger partial charge in [-0.3, -0.25) is 14.2 Å². The summed E-state index contributed by atoms with van der Waals surface area (Å²) in [6.45, 7) is 5.37. The van der Waals surface area contributed by atoms with Crippen LogP contribution in [-0.2, 0) is 9.53 Å². The third-order valence-corrected chi connectivity index (χ3v) is 5.12. The standard InChI is InChI=1S/C20H26N2O4/c1-13-9-17(15(3)22(13)19-10-14(2)26-21-19)18(23)12-25-20(24)11-16-7-5-4-6-8-16/h9-10,16H,4-8,11-12H2,1-3H3. The van der Waals surface area contributed by atoms with Crippen LogP contribution < -0.4 is 0 Å². The summed E-state index contributed by atoms with van der Waals surface area (Å²) >= 11 is 0. The van der Waals surface area contributed by atoms with Crippen molar-refractivity contribution in [3.05, 3.63) is 34.8 Å². The molecular weight excluding hydrogens is 332 g/mol. The molecule has 6 heteroatoms. The molecule has 3 rings (SSSR count). The summed E-state index contributed by atoms with van der Waals surface area (Å²) in [5.74, 6) is 1.29. The van der Waals surface area contributed by atoms with Crippen LogP contribution in [-0.4, -0.2) is 28.1 Å². The molecule has 0 spiro atoms. The van der Waals surface area contributed by atoms with Gasteiger partial charge in [0, 0.05) is 29.4 Å². The van der Waals surface area contributed by atoms with Crippen molar-refractivity contribution in [1.82, 2.24) is 9.72 Å². The second-order valence-electron chi connectivity index (χ2n) is 7.21. The molecule has 2 aromatic heterocycles. The maximum absolute atomic E-state index is 12.5. The van der Waals surface area contributed by atoms with E-state index in [9.17, 15) is 9.59 Å². The van der Waals surface area contributed by atoms with Crippen LogP contribution >= 0.6 is 0 Å². The fraction of sp³-hybridized carbons (Fsp3) is 0.550. The van der Waals surface area contributed by atoms with Gasteiger partial charge in [0.25, 0.3) is 0 Å². The van der Waals surface area contributed by atoms with Crippen molar-refractivity contribution in [1.29, 1.82) is 0 Å². The van der Waals surface area contributed by atoms with Crippen LogP contribution in [0.1, 0.15) is 66.0 Å². The molecule has 0 saturated heterocycles. The topological polar surface area (TPSA) is 74.3 Å². The van der Waals surface area contributed by atoms with Gasteiger partial charge >= 0.3 is 5.97 Å². The first-order valence-corrected chi connectivity index (χ1v) is 9.27. The molecule has 140 valence electrons. The minimum atomic E-state index is -0.272. The van der Waals surface area contributed by atoms with Crippen LogP contribution in [0, 0.1) is 26.7 Å². The van der Waals surface area contributed by atoms with Crippen LogP contribution in [0.5, 0.6) is 0 Å². The van der Waals surface area contributed by atoms with Crippen molar-refractivity contribution < 1.29 is 18.8 Å². The smallest absolute Gasteiger partial charge is 0.306 e. The third-order valence-electron chi connectivity index (χ3n) is 5.12. The number of aromatic nitrogens is 2. The molecule has 1 aliphatic rings. The zero-order valence-electron chi connectivity index (χ0n) is 15.7. The zero-order valence-corrected chi connectivity index (χ0v) is 15.7. The van der Waals surface area contributed by atoms with Crippen LogP contribution in [0.4, 0.5) is 0 Å². The molecule has 26 heavy (non-hydrogen) atoms. The Labute approximate surface area is 153 Å². The molecule has 6 nitrogen and oxygen atoms in total. The van der Waals surface area contributed by atoms with Gasteiger partial charge < -0.3 is 9.26 Å². The molecule has 0 amide bonds. The predicted octanol–water partition coefficient (Wildman–Crippen LogP) is 4.09. The number of ether oxygens (including phenoxy) is 1. The average molecular weight is 358 g/mol. The minimum Gasteiger partial charge on any atom is -0.457 e. The SMILES string of the molecule is Cc1cc(-n2c(C)cc(C(=O)COC(=O)CC3CCCCC3)c2C)no1.